The predicted molar refractivity (Wildman–Crippen MR) is 302 cm³/mol. The number of hydrogen-bond donors (Lipinski definition) is 6. The number of nitrogens with zero attached hydrogens (tertiary/aromatic N) is 5. The predicted octanol–water partition coefficient (Wildman–Crippen LogP) is 5.95. The van der Waals surface area contributed by atoms with Gasteiger partial charge in [0, 0.05) is 80.7 Å². The lowest BCUT2D eigenvalue weighted by molar-refractivity contribution is -0.318. The number of esters is 1. The molecular formula is C57H96N6O13S2. The van der Waals surface area contributed by atoms with Crippen LogP contribution in [0.1, 0.15) is 139 Å². The molecule has 0 radical (unpaired) electrons. The Morgan fingerprint density at radius 1 is 0.974 bits per heavy atom. The summed E-state index contributed by atoms with van der Waals surface area (Å²) in [5.74, 6) is -1.45. The van der Waals surface area contributed by atoms with Gasteiger partial charge in [0.1, 0.15) is 35.7 Å². The zero-order chi connectivity index (χ0) is 57.3. The highest BCUT2D eigenvalue weighted by molar-refractivity contribution is 8.77. The van der Waals surface area contributed by atoms with Gasteiger partial charge >= 0.3 is 5.97 Å². The number of hydrogen-bond acceptors (Lipinski definition) is 19. The highest BCUT2D eigenvalue weighted by Crippen LogP contribution is 2.42. The number of carbonyl (C=O) groups excluding carboxylic acids is 2. The van der Waals surface area contributed by atoms with Crippen molar-refractivity contribution in [2.24, 2.45) is 17.8 Å². The van der Waals surface area contributed by atoms with E-state index >= 15 is 0 Å². The first-order chi connectivity index (χ1) is 36.8. The second-order valence-corrected chi connectivity index (χ2v) is 26.7. The van der Waals surface area contributed by atoms with Gasteiger partial charge < -0.3 is 64.2 Å². The highest BCUT2D eigenvalue weighted by atomic mass is 33.1. The van der Waals surface area contributed by atoms with E-state index in [0.29, 0.717) is 39.0 Å². The second-order valence-electron chi connectivity index (χ2n) is 24.0. The second kappa shape index (κ2) is 28.7. The molecule has 0 aliphatic carbocycles. The average Bonchev–Trinajstić information content (AvgIpc) is 4.13. The van der Waals surface area contributed by atoms with Crippen molar-refractivity contribution in [3.63, 3.8) is 0 Å². The van der Waals surface area contributed by atoms with E-state index in [4.69, 9.17) is 28.4 Å². The summed E-state index contributed by atoms with van der Waals surface area (Å²) in [5.41, 5.74) is -1.88. The van der Waals surface area contributed by atoms with Crippen molar-refractivity contribution in [3.8, 4) is 11.3 Å². The lowest BCUT2D eigenvalue weighted by Crippen LogP contribution is -2.60. The normalized spacial score (nSPS) is 38.9. The van der Waals surface area contributed by atoms with Gasteiger partial charge in [-0.15, -0.1) is 5.10 Å². The molecule has 5 heterocycles. The van der Waals surface area contributed by atoms with E-state index in [9.17, 15) is 35.1 Å². The van der Waals surface area contributed by atoms with Crippen LogP contribution >= 0.6 is 21.6 Å². The third kappa shape index (κ3) is 16.6. The van der Waals surface area contributed by atoms with E-state index < -0.39 is 102 Å². The van der Waals surface area contributed by atoms with Crippen molar-refractivity contribution >= 4 is 33.5 Å². The lowest BCUT2D eigenvalue weighted by atomic mass is 9.77. The molecule has 4 aliphatic rings. The lowest BCUT2D eigenvalue weighted by Gasteiger charge is -2.49. The van der Waals surface area contributed by atoms with Crippen LogP contribution in [0.4, 0.5) is 0 Å². The summed E-state index contributed by atoms with van der Waals surface area (Å²) in [7, 11) is 9.25. The largest absolute Gasteiger partial charge is 0.459 e. The molecule has 0 spiro atoms. The Morgan fingerprint density at radius 2 is 1.69 bits per heavy atom. The molecule has 19 nitrogen and oxygen atoms in total. The minimum atomic E-state index is -1.84. The number of methoxy groups -OCH3 is 1. The molecule has 4 saturated heterocycles. The van der Waals surface area contributed by atoms with Gasteiger partial charge in [0.05, 0.1) is 47.7 Å². The summed E-state index contributed by atoms with van der Waals surface area (Å²) in [6, 6.07) is 7.08. The number of cyclic esters (lactones) is 1. The van der Waals surface area contributed by atoms with Crippen LogP contribution in [0, 0.1) is 17.8 Å². The SMILES string of the molecule is CC[C@@H]1OC(=O)[C@@H](C)[C@H](OC2C[C@@](C)(OC)[C@@H](O)[C@H](C)O2)[C@@H](C)[C@H](O[C@H]2O[C@@H](C)C[C@@H](N(C)Cc3ccc(-c4cn(CCCNC(=O)CCCC[C@H]5CCSS5)nn4)cc3)[C@@H]2O)C(C)(O)C[C@H](C)CN(C)[C@@H](C)[C@H](O)[C@@]1(C)O. The third-order valence-corrected chi connectivity index (χ3v) is 20.1. The number of rotatable bonds is 19. The number of aliphatic hydroxyl groups is 5. The molecule has 19 atom stereocenters. The molecule has 0 bridgehead atoms. The number of nitrogens with one attached hydrogen (secondary N) is 1. The molecule has 2 unspecified atom stereocenters. The standard InChI is InChI=1S/C57H96N6O13S2/c1-14-45-57(10,70)50(66)38(6)61(11)31-34(2)29-55(8,69)52(36(4)49(37(5)53(68)74-45)75-47-30-56(9,71-13)51(67)39(7)73-47)76-54-48(65)44(28-35(3)72-54)62(12)32-40-20-22-41(23-21-40)43-33-63(60-59-43)26-17-25-58-46(64)19-16-15-18-42-24-27-77-78-42/h20-23,33-39,42,44-45,47-52,54,65-67,69-70H,14-19,24-32H2,1-13H3,(H,58,64)/t34-,35-,36+,37-,38-,39-,42-,44+,45-,47?,48-,49+,50-,51-,52-,54+,55?,56+,57-/m0/s1. The number of aryl methyl sites for hydroxylation is 1. The van der Waals surface area contributed by atoms with Crippen molar-refractivity contribution in [2.45, 2.75) is 242 Å². The van der Waals surface area contributed by atoms with E-state index in [0.717, 1.165) is 41.3 Å². The number of unbranched alkanes of at least 4 members (excludes halogenated alkanes) is 1. The van der Waals surface area contributed by atoms with Crippen LogP contribution in [0.5, 0.6) is 0 Å². The number of likely N-dealkylation sites (N-methyl/N-ethyl adjacent to an activating group) is 2. The number of carbonyl (C=O) groups is 2. The maximum Gasteiger partial charge on any atom is 0.311 e. The monoisotopic (exact) mass is 1140 g/mol. The Labute approximate surface area is 472 Å². The van der Waals surface area contributed by atoms with E-state index in [2.05, 4.69) is 20.5 Å². The van der Waals surface area contributed by atoms with Gasteiger partial charge in [0.15, 0.2) is 12.6 Å². The van der Waals surface area contributed by atoms with E-state index in [1.165, 1.54) is 32.6 Å². The molecule has 21 heteroatoms. The maximum atomic E-state index is 14.5. The van der Waals surface area contributed by atoms with E-state index in [1.807, 2.05) is 91.8 Å². The number of amides is 1. The van der Waals surface area contributed by atoms with Gasteiger partial charge in [-0.05, 0) is 119 Å². The number of ether oxygens (including phenoxy) is 6. The Bertz CT molecular complexity index is 2170. The Hall–Kier alpha value is -2.48. The summed E-state index contributed by atoms with van der Waals surface area (Å²) in [5, 5.41) is 72.5. The van der Waals surface area contributed by atoms with Crippen molar-refractivity contribution in [1.82, 2.24) is 30.1 Å². The molecule has 0 saturated carbocycles. The topological polar surface area (TPSA) is 240 Å². The zero-order valence-corrected chi connectivity index (χ0v) is 50.4. The van der Waals surface area contributed by atoms with Gasteiger partial charge in [-0.2, -0.15) is 0 Å². The van der Waals surface area contributed by atoms with Crippen molar-refractivity contribution in [3.05, 3.63) is 36.0 Å². The minimum absolute atomic E-state index is 0.101. The maximum absolute atomic E-state index is 14.5. The van der Waals surface area contributed by atoms with Crippen LogP contribution in [0.3, 0.4) is 0 Å². The zero-order valence-electron chi connectivity index (χ0n) is 48.8. The fourth-order valence-electron chi connectivity index (χ4n) is 12.2. The van der Waals surface area contributed by atoms with Gasteiger partial charge in [-0.25, -0.2) is 0 Å². The first kappa shape index (κ1) is 64.7. The van der Waals surface area contributed by atoms with Gasteiger partial charge in [0.2, 0.25) is 5.91 Å². The summed E-state index contributed by atoms with van der Waals surface area (Å²) < 4.78 is 40.3. The molecule has 1 aromatic heterocycles. The van der Waals surface area contributed by atoms with Crippen LogP contribution in [0.2, 0.25) is 0 Å². The fourth-order valence-corrected chi connectivity index (χ4v) is 15.2. The van der Waals surface area contributed by atoms with Gasteiger partial charge in [-0.3, -0.25) is 19.2 Å². The fraction of sp³-hybridized carbons (Fsp3) is 0.825. The first-order valence-corrected chi connectivity index (χ1v) is 31.0. The first-order valence-electron chi connectivity index (χ1n) is 28.6. The number of benzene rings is 1. The molecule has 1 amide bonds. The summed E-state index contributed by atoms with van der Waals surface area (Å²) in [4.78, 5) is 30.9. The quantitative estimate of drug-likeness (QED) is 0.0541. The van der Waals surface area contributed by atoms with Crippen LogP contribution in [-0.4, -0.2) is 198 Å². The molecule has 4 fully saturated rings. The number of aliphatic hydroxyl groups excluding tert-OH is 3. The molecule has 78 heavy (non-hydrogen) atoms. The Balaban J connectivity index is 1.16. The van der Waals surface area contributed by atoms with E-state index in [1.54, 1.807) is 46.2 Å². The Morgan fingerprint density at radius 3 is 2.36 bits per heavy atom. The van der Waals surface area contributed by atoms with Crippen LogP contribution in [0.25, 0.3) is 11.3 Å². The van der Waals surface area contributed by atoms with Gasteiger partial charge in [-0.1, -0.05) is 78.3 Å². The molecule has 2 aromatic rings. The molecular weight excluding hydrogens is 1040 g/mol. The molecule has 6 rings (SSSR count). The molecule has 4 aliphatic heterocycles. The van der Waals surface area contributed by atoms with Gasteiger partial charge in [0.25, 0.3) is 0 Å². The molecule has 444 valence electrons. The molecule has 1 aromatic carbocycles. The van der Waals surface area contributed by atoms with E-state index in [-0.39, 0.29) is 37.2 Å². The highest BCUT2D eigenvalue weighted by Gasteiger charge is 2.53. The van der Waals surface area contributed by atoms with Crippen LogP contribution < -0.4 is 5.32 Å². The number of aromatic nitrogens is 3. The third-order valence-electron chi connectivity index (χ3n) is 17.1. The summed E-state index contributed by atoms with van der Waals surface area (Å²) in [6.45, 7) is 19.7. The van der Waals surface area contributed by atoms with Crippen LogP contribution in [0.15, 0.2) is 30.5 Å². The minimum Gasteiger partial charge on any atom is -0.459 e. The average molecular weight is 1140 g/mol. The summed E-state index contributed by atoms with van der Waals surface area (Å²) >= 11 is 0. The Kier molecular flexibility index (Phi) is 23.8. The van der Waals surface area contributed by atoms with Crippen LogP contribution in [-0.2, 0) is 51.1 Å². The van der Waals surface area contributed by atoms with Crippen molar-refractivity contribution in [2.75, 3.05) is 40.0 Å². The van der Waals surface area contributed by atoms with Crippen molar-refractivity contribution < 1.29 is 63.5 Å². The molecule has 6 N–H and O–H groups in total. The van der Waals surface area contributed by atoms with Crippen molar-refractivity contribution in [1.29, 1.82) is 0 Å². The summed E-state index contributed by atoms with van der Waals surface area (Å²) in [6.07, 6.45) is -1.37. The smallest absolute Gasteiger partial charge is 0.311 e.